The van der Waals surface area contributed by atoms with Crippen LogP contribution in [0.1, 0.15) is 0 Å². The van der Waals surface area contributed by atoms with Crippen molar-refractivity contribution in [3.8, 4) is 11.5 Å². The van der Waals surface area contributed by atoms with E-state index in [4.69, 9.17) is 10.1 Å². The van der Waals surface area contributed by atoms with Crippen LogP contribution in [0.2, 0.25) is 0 Å². The van der Waals surface area contributed by atoms with E-state index in [9.17, 15) is 8.42 Å². The highest BCUT2D eigenvalue weighted by Crippen LogP contribution is 2.40. The lowest BCUT2D eigenvalue weighted by Crippen LogP contribution is -2.37. The minimum atomic E-state index is -3.00. The molecule has 24 heavy (non-hydrogen) atoms. The number of thioether (sulfide) groups is 1. The van der Waals surface area contributed by atoms with E-state index in [-0.39, 0.29) is 22.8 Å². The largest absolute Gasteiger partial charge is 0.457 e. The molecule has 7 heteroatoms. The van der Waals surface area contributed by atoms with Crippen LogP contribution in [-0.4, -0.2) is 36.4 Å². The molecule has 124 valence electrons. The van der Waals surface area contributed by atoms with Crippen molar-refractivity contribution in [2.45, 2.75) is 11.3 Å². The number of sulfone groups is 1. The molecule has 0 unspecified atom stereocenters. The summed E-state index contributed by atoms with van der Waals surface area (Å²) < 4.78 is 29.5. The van der Waals surface area contributed by atoms with Gasteiger partial charge in [-0.05, 0) is 36.4 Å². The Hall–Kier alpha value is -1.99. The zero-order valence-electron chi connectivity index (χ0n) is 12.8. The van der Waals surface area contributed by atoms with Crippen LogP contribution in [0, 0.1) is 5.41 Å². The number of anilines is 1. The number of hydrogen-bond donors (Lipinski definition) is 1. The summed E-state index contributed by atoms with van der Waals surface area (Å²) in [6.45, 7) is 0. The number of rotatable bonds is 3. The summed E-state index contributed by atoms with van der Waals surface area (Å²) in [7, 11) is -3.00. The number of para-hydroxylation sites is 1. The van der Waals surface area contributed by atoms with Gasteiger partial charge in [-0.3, -0.25) is 5.41 Å². The van der Waals surface area contributed by atoms with Crippen LogP contribution in [0.25, 0.3) is 0 Å². The maximum absolute atomic E-state index is 11.9. The lowest BCUT2D eigenvalue weighted by atomic mass is 10.2. The first-order valence-corrected chi connectivity index (χ1v) is 10.3. The average Bonchev–Trinajstić information content (AvgIpc) is 2.99. The van der Waals surface area contributed by atoms with Crippen LogP contribution < -0.4 is 9.64 Å². The summed E-state index contributed by atoms with van der Waals surface area (Å²) in [5.41, 5.74) is 0.831. The number of nitrogens with one attached hydrogen (secondary N) is 1. The molecule has 2 aliphatic heterocycles. The molecule has 2 aromatic carbocycles. The van der Waals surface area contributed by atoms with Gasteiger partial charge in [0.25, 0.3) is 0 Å². The predicted molar refractivity (Wildman–Crippen MR) is 97.0 cm³/mol. The first kappa shape index (κ1) is 15.5. The van der Waals surface area contributed by atoms with E-state index in [1.807, 2.05) is 59.5 Å². The van der Waals surface area contributed by atoms with Gasteiger partial charge < -0.3 is 9.64 Å². The van der Waals surface area contributed by atoms with Gasteiger partial charge in [0.15, 0.2) is 15.0 Å². The maximum atomic E-state index is 11.9. The Labute approximate surface area is 145 Å². The molecule has 0 bridgehead atoms. The molecule has 0 radical (unpaired) electrons. The molecule has 0 saturated carbocycles. The third kappa shape index (κ3) is 2.89. The molecule has 1 N–H and O–H groups in total. The van der Waals surface area contributed by atoms with Crippen molar-refractivity contribution in [2.75, 3.05) is 16.4 Å². The summed E-state index contributed by atoms with van der Waals surface area (Å²) >= 11 is 1.35. The molecule has 2 aliphatic rings. The summed E-state index contributed by atoms with van der Waals surface area (Å²) in [4.78, 5) is 1.83. The van der Waals surface area contributed by atoms with E-state index in [0.717, 1.165) is 11.4 Å². The van der Waals surface area contributed by atoms with Crippen LogP contribution in [0.3, 0.4) is 0 Å². The molecular formula is C17H16N2O3S2. The van der Waals surface area contributed by atoms with Gasteiger partial charge >= 0.3 is 0 Å². The van der Waals surface area contributed by atoms with Gasteiger partial charge in [0.2, 0.25) is 0 Å². The molecule has 2 aromatic rings. The van der Waals surface area contributed by atoms with Gasteiger partial charge in [-0.25, -0.2) is 8.42 Å². The second-order valence-electron chi connectivity index (χ2n) is 5.88. The fourth-order valence-corrected chi connectivity index (χ4v) is 6.90. The van der Waals surface area contributed by atoms with Crippen LogP contribution >= 0.6 is 11.8 Å². The standard InChI is InChI=1S/C17H16N2O3S2/c18-17-19(15-10-24(20,21)11-16(15)23-17)12-6-8-14(9-7-12)22-13-4-2-1-3-5-13/h1-9,15-16,18H,10-11H2/t15-,16+/m0/s1. The summed E-state index contributed by atoms with van der Waals surface area (Å²) in [6, 6.07) is 16.8. The Balaban J connectivity index is 1.55. The molecule has 4 rings (SSSR count). The number of nitrogens with zero attached hydrogens (tertiary/aromatic N) is 1. The smallest absolute Gasteiger partial charge is 0.161 e. The molecule has 0 aromatic heterocycles. The van der Waals surface area contributed by atoms with Crippen molar-refractivity contribution in [1.82, 2.24) is 0 Å². The number of amidine groups is 1. The van der Waals surface area contributed by atoms with Gasteiger partial charge in [-0.2, -0.15) is 0 Å². The Kier molecular flexibility index (Phi) is 3.77. The predicted octanol–water partition coefficient (Wildman–Crippen LogP) is 3.13. The van der Waals surface area contributed by atoms with Crippen molar-refractivity contribution in [3.63, 3.8) is 0 Å². The number of benzene rings is 2. The average molecular weight is 360 g/mol. The van der Waals surface area contributed by atoms with Crippen molar-refractivity contribution in [3.05, 3.63) is 54.6 Å². The van der Waals surface area contributed by atoms with Gasteiger partial charge in [-0.1, -0.05) is 30.0 Å². The maximum Gasteiger partial charge on any atom is 0.161 e. The first-order chi connectivity index (χ1) is 11.5. The number of fused-ring (bicyclic) bond motifs is 1. The van der Waals surface area contributed by atoms with Crippen molar-refractivity contribution < 1.29 is 13.2 Å². The summed E-state index contributed by atoms with van der Waals surface area (Å²) in [5, 5.41) is 8.54. The molecule has 0 spiro atoms. The molecule has 2 atom stereocenters. The second kappa shape index (κ2) is 5.82. The highest BCUT2D eigenvalue weighted by molar-refractivity contribution is 8.15. The fourth-order valence-electron chi connectivity index (χ4n) is 3.11. The molecule has 0 amide bonds. The van der Waals surface area contributed by atoms with Gasteiger partial charge in [-0.15, -0.1) is 0 Å². The Morgan fingerprint density at radius 1 is 1.00 bits per heavy atom. The van der Waals surface area contributed by atoms with Crippen LogP contribution in [0.15, 0.2) is 54.6 Å². The van der Waals surface area contributed by atoms with E-state index in [1.54, 1.807) is 0 Å². The van der Waals surface area contributed by atoms with Gasteiger partial charge in [0.05, 0.1) is 17.5 Å². The van der Waals surface area contributed by atoms with Crippen LogP contribution in [0.4, 0.5) is 5.69 Å². The van der Waals surface area contributed by atoms with Gasteiger partial charge in [0, 0.05) is 10.9 Å². The molecule has 2 fully saturated rings. The molecule has 5 nitrogen and oxygen atoms in total. The molecular weight excluding hydrogens is 344 g/mol. The van der Waals surface area contributed by atoms with E-state index in [2.05, 4.69) is 0 Å². The zero-order chi connectivity index (χ0) is 16.7. The topological polar surface area (TPSA) is 70.5 Å². The SMILES string of the molecule is N=C1S[C@@H]2CS(=O)(=O)C[C@@H]2N1c1ccc(Oc2ccccc2)cc1. The summed E-state index contributed by atoms with van der Waals surface area (Å²) in [5.74, 6) is 1.75. The molecule has 2 saturated heterocycles. The van der Waals surface area contributed by atoms with E-state index >= 15 is 0 Å². The minimum Gasteiger partial charge on any atom is -0.457 e. The van der Waals surface area contributed by atoms with Crippen LogP contribution in [0.5, 0.6) is 11.5 Å². The highest BCUT2D eigenvalue weighted by Gasteiger charge is 2.48. The zero-order valence-corrected chi connectivity index (χ0v) is 14.4. The van der Waals surface area contributed by atoms with Crippen molar-refractivity contribution in [1.29, 1.82) is 5.41 Å². The first-order valence-electron chi connectivity index (χ1n) is 7.60. The third-order valence-electron chi connectivity index (χ3n) is 4.18. The van der Waals surface area contributed by atoms with Gasteiger partial charge in [0.1, 0.15) is 11.5 Å². The summed E-state index contributed by atoms with van der Waals surface area (Å²) in [6.07, 6.45) is 0. The van der Waals surface area contributed by atoms with E-state index < -0.39 is 9.84 Å². The fraction of sp³-hybridized carbons (Fsp3) is 0.235. The minimum absolute atomic E-state index is 0.0391. The molecule has 0 aliphatic carbocycles. The Morgan fingerprint density at radius 3 is 2.38 bits per heavy atom. The number of ether oxygens (including phenoxy) is 1. The monoisotopic (exact) mass is 360 g/mol. The van der Waals surface area contributed by atoms with Crippen molar-refractivity contribution >= 4 is 32.5 Å². The van der Waals surface area contributed by atoms with E-state index in [0.29, 0.717) is 10.9 Å². The normalized spacial score (nSPS) is 24.8. The van der Waals surface area contributed by atoms with Crippen LogP contribution in [-0.2, 0) is 9.84 Å². The Bertz CT molecular complexity index is 866. The lowest BCUT2D eigenvalue weighted by Gasteiger charge is -2.24. The Morgan fingerprint density at radius 2 is 1.67 bits per heavy atom. The van der Waals surface area contributed by atoms with E-state index in [1.165, 1.54) is 11.8 Å². The molecule has 2 heterocycles. The lowest BCUT2D eigenvalue weighted by molar-refractivity contribution is 0.482. The number of hydrogen-bond acceptors (Lipinski definition) is 5. The quantitative estimate of drug-likeness (QED) is 0.911. The second-order valence-corrected chi connectivity index (χ2v) is 9.27. The third-order valence-corrected chi connectivity index (χ3v) is 7.31. The van der Waals surface area contributed by atoms with Crippen molar-refractivity contribution in [2.24, 2.45) is 0 Å². The highest BCUT2D eigenvalue weighted by atomic mass is 32.2.